The number of hydrogen-bond donors (Lipinski definition) is 3. The van der Waals surface area contributed by atoms with E-state index in [9.17, 15) is 4.79 Å². The summed E-state index contributed by atoms with van der Waals surface area (Å²) in [6.07, 6.45) is 1.87. The number of carbonyl (C=O) groups excluding carboxylic acids is 1. The molecule has 0 fully saturated rings. The van der Waals surface area contributed by atoms with E-state index in [2.05, 4.69) is 36.8 Å². The van der Waals surface area contributed by atoms with Gasteiger partial charge in [-0.1, -0.05) is 26.5 Å². The van der Waals surface area contributed by atoms with Crippen LogP contribution in [0, 0.1) is 0 Å². The van der Waals surface area contributed by atoms with E-state index in [-0.39, 0.29) is 10.7 Å². The lowest BCUT2D eigenvalue weighted by Gasteiger charge is -2.23. The van der Waals surface area contributed by atoms with Crippen LogP contribution < -0.4 is 5.32 Å². The van der Waals surface area contributed by atoms with Crippen LogP contribution in [0.25, 0.3) is 0 Å². The fourth-order valence-corrected chi connectivity index (χ4v) is 1.22. The van der Waals surface area contributed by atoms with Gasteiger partial charge in [-0.25, -0.2) is 0 Å². The molecule has 0 atom stereocenters. The monoisotopic (exact) mass is 198 g/mol. The highest BCUT2D eigenvalue weighted by Crippen LogP contribution is 2.19. The summed E-state index contributed by atoms with van der Waals surface area (Å²) in [7, 11) is 0. The second-order valence-electron chi connectivity index (χ2n) is 3.63. The van der Waals surface area contributed by atoms with E-state index in [0.717, 1.165) is 5.69 Å². The molecule has 1 heterocycles. The maximum Gasteiger partial charge on any atom is 0.276 e. The number of carbonyl (C=O) groups is 1. The Morgan fingerprint density at radius 2 is 2.38 bits per heavy atom. The van der Waals surface area contributed by atoms with Crippen LogP contribution in [-0.2, 0) is 5.41 Å². The van der Waals surface area contributed by atoms with Crippen LogP contribution >= 0.6 is 12.6 Å². The molecule has 2 N–H and O–H groups in total. The van der Waals surface area contributed by atoms with Crippen LogP contribution in [0.3, 0.4) is 0 Å². The maximum absolute atomic E-state index is 10.6. The van der Waals surface area contributed by atoms with E-state index in [0.29, 0.717) is 6.54 Å². The summed E-state index contributed by atoms with van der Waals surface area (Å²) in [5, 5.41) is 2.39. The minimum absolute atomic E-state index is 0.0815. The number of hydrogen-bond acceptors (Lipinski definition) is 1. The second kappa shape index (κ2) is 3.87. The highest BCUT2D eigenvalue weighted by molar-refractivity contribution is 7.96. The van der Waals surface area contributed by atoms with Crippen molar-refractivity contribution in [2.75, 3.05) is 6.54 Å². The number of amides is 1. The Bertz CT molecular complexity index is 280. The van der Waals surface area contributed by atoms with Crippen LogP contribution in [0.1, 0.15) is 19.5 Å². The first kappa shape index (κ1) is 10.2. The van der Waals surface area contributed by atoms with Crippen molar-refractivity contribution in [1.82, 2.24) is 10.3 Å². The first-order valence-corrected chi connectivity index (χ1v) is 4.58. The molecule has 0 aliphatic carbocycles. The van der Waals surface area contributed by atoms with Crippen molar-refractivity contribution >= 4 is 17.9 Å². The smallest absolute Gasteiger partial charge is 0.276 e. The number of nitrogens with one attached hydrogen (secondary N) is 2. The average Bonchev–Trinajstić information content (AvgIpc) is 2.53. The maximum atomic E-state index is 10.6. The molecule has 1 amide bonds. The summed E-state index contributed by atoms with van der Waals surface area (Å²) < 4.78 is 0. The molecule has 0 radical (unpaired) electrons. The molecule has 1 aromatic rings. The largest absolute Gasteiger partial charge is 0.364 e. The number of aromatic nitrogens is 1. The zero-order valence-electron chi connectivity index (χ0n) is 7.79. The molecule has 3 nitrogen and oxygen atoms in total. The van der Waals surface area contributed by atoms with Crippen molar-refractivity contribution in [2.45, 2.75) is 19.3 Å². The molecule has 13 heavy (non-hydrogen) atoms. The average molecular weight is 198 g/mol. The minimum atomic E-state index is -0.292. The summed E-state index contributed by atoms with van der Waals surface area (Å²) in [4.78, 5) is 13.7. The number of aromatic amines is 1. The normalized spacial score (nSPS) is 11.3. The van der Waals surface area contributed by atoms with Crippen LogP contribution in [0.15, 0.2) is 18.3 Å². The quantitative estimate of drug-likeness (QED) is 0.638. The number of H-pyrrole nitrogens is 1. The molecule has 0 aromatic carbocycles. The zero-order valence-corrected chi connectivity index (χ0v) is 8.69. The molecule has 0 unspecified atom stereocenters. The van der Waals surface area contributed by atoms with Crippen molar-refractivity contribution in [3.05, 3.63) is 24.0 Å². The molecule has 1 aromatic heterocycles. The van der Waals surface area contributed by atoms with Crippen molar-refractivity contribution in [3.63, 3.8) is 0 Å². The number of thiol groups is 1. The second-order valence-corrected chi connectivity index (χ2v) is 4.03. The standard InChI is InChI=1S/C9H14N2OS/c1-9(2,6-11-8(12)13)7-4-3-5-10-7/h3-5,10H,6H2,1-2H3,(H2,11,12,13). The van der Waals surface area contributed by atoms with E-state index in [1.807, 2.05) is 18.3 Å². The predicted molar refractivity (Wildman–Crippen MR) is 56.2 cm³/mol. The minimum Gasteiger partial charge on any atom is -0.364 e. The van der Waals surface area contributed by atoms with Gasteiger partial charge < -0.3 is 10.3 Å². The molecule has 0 aliphatic rings. The third kappa shape index (κ3) is 2.81. The third-order valence-electron chi connectivity index (χ3n) is 2.01. The van der Waals surface area contributed by atoms with Gasteiger partial charge in [0.25, 0.3) is 5.24 Å². The van der Waals surface area contributed by atoms with E-state index in [1.54, 1.807) is 0 Å². The van der Waals surface area contributed by atoms with Crippen LogP contribution in [0.4, 0.5) is 4.79 Å². The Kier molecular flexibility index (Phi) is 3.03. The number of rotatable bonds is 3. The van der Waals surface area contributed by atoms with Gasteiger partial charge in [0.15, 0.2) is 0 Å². The van der Waals surface area contributed by atoms with Crippen molar-refractivity contribution < 1.29 is 4.79 Å². The van der Waals surface area contributed by atoms with Crippen molar-refractivity contribution in [2.24, 2.45) is 0 Å². The van der Waals surface area contributed by atoms with Gasteiger partial charge in [-0.15, -0.1) is 0 Å². The highest BCUT2D eigenvalue weighted by atomic mass is 32.1. The van der Waals surface area contributed by atoms with Gasteiger partial charge >= 0.3 is 0 Å². The first-order chi connectivity index (χ1) is 6.02. The lowest BCUT2D eigenvalue weighted by molar-refractivity contribution is 0.258. The lowest BCUT2D eigenvalue weighted by Crippen LogP contribution is -2.34. The van der Waals surface area contributed by atoms with E-state index >= 15 is 0 Å². The zero-order chi connectivity index (χ0) is 9.90. The van der Waals surface area contributed by atoms with Crippen molar-refractivity contribution in [1.29, 1.82) is 0 Å². The molecule has 0 spiro atoms. The molecule has 0 aliphatic heterocycles. The summed E-state index contributed by atoms with van der Waals surface area (Å²) in [5.74, 6) is 0. The van der Waals surface area contributed by atoms with Gasteiger partial charge in [-0.05, 0) is 12.1 Å². The molecular weight excluding hydrogens is 184 g/mol. The molecule has 0 bridgehead atoms. The topological polar surface area (TPSA) is 44.9 Å². The van der Waals surface area contributed by atoms with Crippen LogP contribution in [0.2, 0.25) is 0 Å². The summed E-state index contributed by atoms with van der Waals surface area (Å²) in [6.45, 7) is 4.70. The Labute approximate surface area is 83.3 Å². The summed E-state index contributed by atoms with van der Waals surface area (Å²) in [5.41, 5.74) is 1.02. The van der Waals surface area contributed by atoms with Gasteiger partial charge in [0, 0.05) is 23.9 Å². The molecule has 4 heteroatoms. The van der Waals surface area contributed by atoms with Crippen molar-refractivity contribution in [3.8, 4) is 0 Å². The van der Waals surface area contributed by atoms with E-state index in [1.165, 1.54) is 0 Å². The Hall–Kier alpha value is -0.900. The molecular formula is C9H14N2OS. The fraction of sp³-hybridized carbons (Fsp3) is 0.444. The third-order valence-corrected chi connectivity index (χ3v) is 2.17. The van der Waals surface area contributed by atoms with Gasteiger partial charge in [0.1, 0.15) is 0 Å². The molecule has 0 saturated heterocycles. The van der Waals surface area contributed by atoms with Gasteiger partial charge in [-0.2, -0.15) is 0 Å². The summed E-state index contributed by atoms with van der Waals surface area (Å²) in [6, 6.07) is 3.95. The molecule has 0 saturated carbocycles. The SMILES string of the molecule is CC(C)(CNC(=O)S)c1ccc[nH]1. The highest BCUT2D eigenvalue weighted by Gasteiger charge is 2.21. The molecule has 1 rings (SSSR count). The fourth-order valence-electron chi connectivity index (χ4n) is 1.14. The lowest BCUT2D eigenvalue weighted by atomic mass is 9.89. The van der Waals surface area contributed by atoms with Gasteiger partial charge in [-0.3, -0.25) is 4.79 Å². The first-order valence-electron chi connectivity index (χ1n) is 4.13. The summed E-state index contributed by atoms with van der Waals surface area (Å²) >= 11 is 3.65. The predicted octanol–water partition coefficient (Wildman–Crippen LogP) is 1.93. The Balaban J connectivity index is 2.61. The Morgan fingerprint density at radius 1 is 1.69 bits per heavy atom. The van der Waals surface area contributed by atoms with Gasteiger partial charge in [0.05, 0.1) is 0 Å². The van der Waals surface area contributed by atoms with Crippen LogP contribution in [0.5, 0.6) is 0 Å². The van der Waals surface area contributed by atoms with E-state index in [4.69, 9.17) is 0 Å². The Morgan fingerprint density at radius 3 is 2.85 bits per heavy atom. The van der Waals surface area contributed by atoms with Gasteiger partial charge in [0.2, 0.25) is 0 Å². The van der Waals surface area contributed by atoms with E-state index < -0.39 is 0 Å². The van der Waals surface area contributed by atoms with Crippen LogP contribution in [-0.4, -0.2) is 16.8 Å². The molecule has 72 valence electrons.